The summed E-state index contributed by atoms with van der Waals surface area (Å²) in [4.78, 5) is 23.4. The van der Waals surface area contributed by atoms with Gasteiger partial charge in [-0.3, -0.25) is 9.59 Å². The second kappa shape index (κ2) is 7.11. The smallest absolute Gasteiger partial charge is 0.250 e. The van der Waals surface area contributed by atoms with Gasteiger partial charge < -0.3 is 16.8 Å². The molecule has 1 saturated carbocycles. The Balaban J connectivity index is 2.02. The largest absolute Gasteiger partial charge is 0.366 e. The lowest BCUT2D eigenvalue weighted by Crippen LogP contribution is -2.36. The molecule has 2 rings (SSSR count). The van der Waals surface area contributed by atoms with Crippen LogP contribution in [0.5, 0.6) is 0 Å². The number of nitrogens with two attached hydrogens (primary N) is 2. The zero-order chi connectivity index (χ0) is 16.2. The fourth-order valence-electron chi connectivity index (χ4n) is 3.09. The fraction of sp³-hybridized carbons (Fsp3) is 0.500. The monoisotopic (exact) mass is 323 g/mol. The first-order chi connectivity index (χ1) is 10.5. The summed E-state index contributed by atoms with van der Waals surface area (Å²) in [5.74, 6) is -0.664. The molecular formula is C16H22ClN3O2. The topological polar surface area (TPSA) is 98.2 Å². The van der Waals surface area contributed by atoms with Crippen molar-refractivity contribution in [3.05, 3.63) is 28.8 Å². The number of carbonyl (C=O) groups excluding carboxylic acids is 2. The summed E-state index contributed by atoms with van der Waals surface area (Å²) in [6, 6.07) is 4.68. The van der Waals surface area contributed by atoms with E-state index in [0.29, 0.717) is 18.7 Å². The van der Waals surface area contributed by atoms with Crippen molar-refractivity contribution < 1.29 is 9.59 Å². The maximum atomic E-state index is 12.3. The lowest BCUT2D eigenvalue weighted by atomic mass is 9.71. The lowest BCUT2D eigenvalue weighted by Gasteiger charge is -2.35. The van der Waals surface area contributed by atoms with Crippen molar-refractivity contribution in [2.24, 2.45) is 16.9 Å². The number of amides is 2. The highest BCUT2D eigenvalue weighted by molar-refractivity contribution is 6.34. The molecule has 0 saturated heterocycles. The average molecular weight is 324 g/mol. The number of hydrogen-bond acceptors (Lipinski definition) is 3. The fourth-order valence-corrected chi connectivity index (χ4v) is 3.37. The van der Waals surface area contributed by atoms with E-state index in [-0.39, 0.29) is 21.9 Å². The minimum atomic E-state index is -0.591. The molecule has 6 heteroatoms. The molecule has 120 valence electrons. The highest BCUT2D eigenvalue weighted by Crippen LogP contribution is 2.38. The zero-order valence-corrected chi connectivity index (χ0v) is 13.3. The molecule has 0 bridgehead atoms. The normalized spacial score (nSPS) is 17.0. The summed E-state index contributed by atoms with van der Waals surface area (Å²) >= 11 is 5.98. The van der Waals surface area contributed by atoms with Crippen LogP contribution in [0.3, 0.4) is 0 Å². The average Bonchev–Trinajstić information content (AvgIpc) is 2.47. The first kappa shape index (κ1) is 16.8. The van der Waals surface area contributed by atoms with Crippen molar-refractivity contribution in [2.45, 2.75) is 38.5 Å². The predicted octanol–water partition coefficient (Wildman–Crippen LogP) is 2.68. The molecule has 1 aromatic rings. The van der Waals surface area contributed by atoms with E-state index in [9.17, 15) is 9.59 Å². The highest BCUT2D eigenvalue weighted by atomic mass is 35.5. The van der Waals surface area contributed by atoms with Crippen LogP contribution in [0.25, 0.3) is 0 Å². The van der Waals surface area contributed by atoms with Crippen molar-refractivity contribution in [1.82, 2.24) is 0 Å². The van der Waals surface area contributed by atoms with Gasteiger partial charge in [-0.25, -0.2) is 0 Å². The van der Waals surface area contributed by atoms with Crippen LogP contribution in [-0.4, -0.2) is 18.4 Å². The van der Waals surface area contributed by atoms with E-state index in [4.69, 9.17) is 23.1 Å². The van der Waals surface area contributed by atoms with Crippen molar-refractivity contribution in [3.63, 3.8) is 0 Å². The highest BCUT2D eigenvalue weighted by Gasteiger charge is 2.32. The second-order valence-corrected chi connectivity index (χ2v) is 6.46. The molecule has 5 N–H and O–H groups in total. The van der Waals surface area contributed by atoms with E-state index >= 15 is 0 Å². The van der Waals surface area contributed by atoms with Gasteiger partial charge in [0.15, 0.2) is 0 Å². The molecular weight excluding hydrogens is 302 g/mol. The summed E-state index contributed by atoms with van der Waals surface area (Å²) in [5.41, 5.74) is 11.8. The third-order valence-electron chi connectivity index (χ3n) is 4.40. The van der Waals surface area contributed by atoms with Crippen LogP contribution in [-0.2, 0) is 4.79 Å². The van der Waals surface area contributed by atoms with Gasteiger partial charge >= 0.3 is 0 Å². The Morgan fingerprint density at radius 3 is 2.45 bits per heavy atom. The molecule has 1 aromatic carbocycles. The van der Waals surface area contributed by atoms with Crippen LogP contribution in [0.15, 0.2) is 18.2 Å². The number of halogens is 1. The van der Waals surface area contributed by atoms with Crippen LogP contribution < -0.4 is 16.8 Å². The van der Waals surface area contributed by atoms with Gasteiger partial charge in [0, 0.05) is 12.1 Å². The van der Waals surface area contributed by atoms with Gasteiger partial charge in [0.25, 0.3) is 0 Å². The summed E-state index contributed by atoms with van der Waals surface area (Å²) in [6.07, 6.45) is 5.88. The minimum absolute atomic E-state index is 0.0739. The van der Waals surface area contributed by atoms with Crippen molar-refractivity contribution >= 4 is 29.1 Å². The number of nitrogens with one attached hydrogen (secondary N) is 1. The van der Waals surface area contributed by atoms with Gasteiger partial charge in [0.05, 0.1) is 10.6 Å². The first-order valence-corrected chi connectivity index (χ1v) is 7.93. The maximum absolute atomic E-state index is 12.3. The molecule has 0 heterocycles. The van der Waals surface area contributed by atoms with Crippen molar-refractivity contribution in [1.29, 1.82) is 0 Å². The van der Waals surface area contributed by atoms with Crippen molar-refractivity contribution in [2.75, 3.05) is 11.9 Å². The molecule has 22 heavy (non-hydrogen) atoms. The quantitative estimate of drug-likeness (QED) is 0.776. The van der Waals surface area contributed by atoms with Gasteiger partial charge in [0.1, 0.15) is 0 Å². The first-order valence-electron chi connectivity index (χ1n) is 7.55. The summed E-state index contributed by atoms with van der Waals surface area (Å²) in [5, 5.41) is 3.06. The molecule has 2 amide bonds. The third kappa shape index (κ3) is 3.99. The molecule has 0 radical (unpaired) electrons. The Kier molecular flexibility index (Phi) is 5.42. The Morgan fingerprint density at radius 1 is 1.23 bits per heavy atom. The Bertz CT molecular complexity index is 569. The van der Waals surface area contributed by atoms with E-state index in [0.717, 1.165) is 25.7 Å². The summed E-state index contributed by atoms with van der Waals surface area (Å²) < 4.78 is 0. The number of primary amides is 1. The van der Waals surface area contributed by atoms with E-state index < -0.39 is 5.91 Å². The van der Waals surface area contributed by atoms with E-state index in [1.54, 1.807) is 6.07 Å². The van der Waals surface area contributed by atoms with Gasteiger partial charge in [-0.1, -0.05) is 30.9 Å². The molecule has 1 aliphatic rings. The van der Waals surface area contributed by atoms with Crippen LogP contribution in [0.1, 0.15) is 48.9 Å². The molecule has 0 unspecified atom stereocenters. The van der Waals surface area contributed by atoms with Gasteiger partial charge in [0.2, 0.25) is 11.8 Å². The molecule has 0 spiro atoms. The Hall–Kier alpha value is -1.59. The maximum Gasteiger partial charge on any atom is 0.250 e. The number of benzene rings is 1. The Morgan fingerprint density at radius 2 is 1.91 bits per heavy atom. The molecule has 1 aliphatic carbocycles. The number of anilines is 1. The zero-order valence-electron chi connectivity index (χ0n) is 12.5. The molecule has 1 fully saturated rings. The molecule has 0 atom stereocenters. The van der Waals surface area contributed by atoms with E-state index in [2.05, 4.69) is 5.32 Å². The van der Waals surface area contributed by atoms with E-state index in [1.807, 2.05) is 0 Å². The van der Waals surface area contributed by atoms with Crippen molar-refractivity contribution in [3.8, 4) is 0 Å². The number of carbonyl (C=O) groups is 2. The molecule has 5 nitrogen and oxygen atoms in total. The lowest BCUT2D eigenvalue weighted by molar-refractivity contribution is -0.118. The summed E-state index contributed by atoms with van der Waals surface area (Å²) in [6.45, 7) is 0.530. The number of rotatable bonds is 5. The van der Waals surface area contributed by atoms with Crippen LogP contribution in [0.2, 0.25) is 5.02 Å². The third-order valence-corrected chi connectivity index (χ3v) is 4.71. The van der Waals surface area contributed by atoms with Gasteiger partial charge in [-0.15, -0.1) is 0 Å². The standard InChI is InChI=1S/C16H22ClN3O2/c17-13-8-11(4-5-12(13)15(19)22)20-14(21)9-16(10-18)6-2-1-3-7-16/h4-5,8H,1-3,6-7,9-10,18H2,(H2,19,22)(H,20,21). The number of hydrogen-bond donors (Lipinski definition) is 3. The molecule has 0 aliphatic heterocycles. The minimum Gasteiger partial charge on any atom is -0.366 e. The van der Waals surface area contributed by atoms with Gasteiger partial charge in [-0.2, -0.15) is 0 Å². The second-order valence-electron chi connectivity index (χ2n) is 6.05. The summed E-state index contributed by atoms with van der Waals surface area (Å²) in [7, 11) is 0. The van der Waals surface area contributed by atoms with Gasteiger partial charge in [-0.05, 0) is 43.0 Å². The SMILES string of the molecule is NCC1(CC(=O)Nc2ccc(C(N)=O)c(Cl)c2)CCCCC1. The van der Waals surface area contributed by atoms with Crippen LogP contribution >= 0.6 is 11.6 Å². The predicted molar refractivity (Wildman–Crippen MR) is 87.8 cm³/mol. The van der Waals surface area contributed by atoms with Crippen LogP contribution in [0, 0.1) is 5.41 Å². The molecule has 0 aromatic heterocycles. The van der Waals surface area contributed by atoms with E-state index in [1.165, 1.54) is 18.6 Å². The Labute approximate surface area is 135 Å². The van der Waals surface area contributed by atoms with Crippen LogP contribution in [0.4, 0.5) is 5.69 Å².